The third-order valence-electron chi connectivity index (χ3n) is 3.66. The lowest BCUT2D eigenvalue weighted by Crippen LogP contribution is -2.32. The number of nitrogens with zero attached hydrogens (tertiary/aromatic N) is 3. The highest BCUT2D eigenvalue weighted by Crippen LogP contribution is 2.10. The highest BCUT2D eigenvalue weighted by atomic mass is 16.5. The molecular formula is C17H23N3O3. The molecule has 0 aliphatic carbocycles. The van der Waals surface area contributed by atoms with E-state index in [1.54, 1.807) is 0 Å². The number of benzene rings is 1. The summed E-state index contributed by atoms with van der Waals surface area (Å²) in [6.07, 6.45) is 0.648. The quantitative estimate of drug-likeness (QED) is 0.696. The van der Waals surface area contributed by atoms with Gasteiger partial charge in [-0.05, 0) is 12.1 Å². The largest absolute Gasteiger partial charge is 0.469 e. The van der Waals surface area contributed by atoms with Gasteiger partial charge in [-0.15, -0.1) is 0 Å². The Kier molecular flexibility index (Phi) is 6.29. The summed E-state index contributed by atoms with van der Waals surface area (Å²) in [7, 11) is 1.41. The third-order valence-corrected chi connectivity index (χ3v) is 3.66. The molecule has 6 heteroatoms. The van der Waals surface area contributed by atoms with Gasteiger partial charge in [-0.2, -0.15) is 4.98 Å². The molecule has 0 saturated heterocycles. The van der Waals surface area contributed by atoms with Gasteiger partial charge < -0.3 is 9.26 Å². The first-order chi connectivity index (χ1) is 11.1. The number of methoxy groups -OCH3 is 1. The lowest BCUT2D eigenvalue weighted by Gasteiger charge is -2.21. The molecule has 1 aromatic heterocycles. The van der Waals surface area contributed by atoms with E-state index in [0.717, 1.165) is 12.1 Å². The Labute approximate surface area is 136 Å². The van der Waals surface area contributed by atoms with E-state index in [0.29, 0.717) is 31.2 Å². The van der Waals surface area contributed by atoms with Crippen LogP contribution < -0.4 is 0 Å². The third kappa shape index (κ3) is 5.17. The molecule has 0 fully saturated rings. The molecule has 124 valence electrons. The van der Waals surface area contributed by atoms with Crippen LogP contribution in [-0.4, -0.2) is 41.2 Å². The zero-order chi connectivity index (χ0) is 16.7. The van der Waals surface area contributed by atoms with Crippen molar-refractivity contribution in [1.29, 1.82) is 0 Å². The van der Waals surface area contributed by atoms with Gasteiger partial charge in [0, 0.05) is 13.0 Å². The minimum atomic E-state index is -0.209. The zero-order valence-electron chi connectivity index (χ0n) is 13.9. The van der Waals surface area contributed by atoms with Crippen LogP contribution in [0.25, 0.3) is 0 Å². The van der Waals surface area contributed by atoms with Gasteiger partial charge >= 0.3 is 5.97 Å². The van der Waals surface area contributed by atoms with Gasteiger partial charge in [0.2, 0.25) is 5.89 Å². The van der Waals surface area contributed by atoms with Crippen molar-refractivity contribution in [3.05, 3.63) is 47.6 Å². The first-order valence-electron chi connectivity index (χ1n) is 7.78. The number of hydrogen-bond donors (Lipinski definition) is 0. The molecule has 1 heterocycles. The lowest BCUT2D eigenvalue weighted by molar-refractivity contribution is -0.145. The maximum Gasteiger partial charge on any atom is 0.309 e. The maximum atomic E-state index is 11.5. The van der Waals surface area contributed by atoms with Gasteiger partial charge in [-0.3, -0.25) is 9.69 Å². The Morgan fingerprint density at radius 1 is 1.35 bits per heavy atom. The van der Waals surface area contributed by atoms with E-state index in [9.17, 15) is 4.79 Å². The summed E-state index contributed by atoms with van der Waals surface area (Å²) in [5.74, 6) is 0.837. The molecule has 0 spiro atoms. The van der Waals surface area contributed by atoms with E-state index >= 15 is 0 Å². The van der Waals surface area contributed by atoms with Crippen molar-refractivity contribution in [3.8, 4) is 0 Å². The molecule has 0 saturated carbocycles. The molecule has 1 unspecified atom stereocenters. The number of aromatic nitrogens is 2. The summed E-state index contributed by atoms with van der Waals surface area (Å²) in [6, 6.07) is 10.0. The van der Waals surface area contributed by atoms with Crippen LogP contribution in [0.2, 0.25) is 0 Å². The fraction of sp³-hybridized carbons (Fsp3) is 0.471. The van der Waals surface area contributed by atoms with Gasteiger partial charge in [0.05, 0.1) is 19.6 Å². The van der Waals surface area contributed by atoms with Gasteiger partial charge in [-0.25, -0.2) is 0 Å². The van der Waals surface area contributed by atoms with Crippen LogP contribution in [0.1, 0.15) is 31.1 Å². The van der Waals surface area contributed by atoms with Crippen LogP contribution in [0, 0.1) is 5.92 Å². The topological polar surface area (TPSA) is 68.5 Å². The van der Waals surface area contributed by atoms with Gasteiger partial charge in [0.1, 0.15) is 0 Å². The second-order valence-corrected chi connectivity index (χ2v) is 5.52. The van der Waals surface area contributed by atoms with Crippen LogP contribution in [0.15, 0.2) is 34.9 Å². The van der Waals surface area contributed by atoms with Crippen molar-refractivity contribution in [2.75, 3.05) is 20.2 Å². The molecule has 23 heavy (non-hydrogen) atoms. The Morgan fingerprint density at radius 2 is 2.09 bits per heavy atom. The highest BCUT2D eigenvalue weighted by Gasteiger charge is 2.18. The van der Waals surface area contributed by atoms with E-state index < -0.39 is 0 Å². The molecule has 0 N–H and O–H groups in total. The van der Waals surface area contributed by atoms with Crippen molar-refractivity contribution in [1.82, 2.24) is 15.0 Å². The summed E-state index contributed by atoms with van der Waals surface area (Å²) >= 11 is 0. The molecule has 6 nitrogen and oxygen atoms in total. The fourth-order valence-corrected chi connectivity index (χ4v) is 2.36. The van der Waals surface area contributed by atoms with Crippen molar-refractivity contribution < 1.29 is 14.1 Å². The molecule has 1 aromatic carbocycles. The van der Waals surface area contributed by atoms with E-state index in [4.69, 9.17) is 9.26 Å². The molecule has 0 aliphatic rings. The SMILES string of the molecule is CCN(Cc1nc(Cc2ccccc2)no1)CC(C)C(=O)OC. The molecule has 0 amide bonds. The van der Waals surface area contributed by atoms with Crippen LogP contribution in [0.5, 0.6) is 0 Å². The van der Waals surface area contributed by atoms with Gasteiger partial charge in [0.15, 0.2) is 5.82 Å². The van der Waals surface area contributed by atoms with Crippen molar-refractivity contribution in [3.63, 3.8) is 0 Å². The van der Waals surface area contributed by atoms with Gasteiger partial charge in [0.25, 0.3) is 0 Å². The van der Waals surface area contributed by atoms with E-state index in [2.05, 4.69) is 15.0 Å². The highest BCUT2D eigenvalue weighted by molar-refractivity contribution is 5.72. The van der Waals surface area contributed by atoms with Crippen molar-refractivity contribution >= 4 is 5.97 Å². The molecule has 2 rings (SSSR count). The fourth-order valence-electron chi connectivity index (χ4n) is 2.36. The lowest BCUT2D eigenvalue weighted by atomic mass is 10.1. The van der Waals surface area contributed by atoms with Crippen LogP contribution in [0.4, 0.5) is 0 Å². The molecule has 2 aromatic rings. The standard InChI is InChI=1S/C17H23N3O3/c1-4-20(11-13(2)17(21)22-3)12-16-18-15(19-23-16)10-14-8-6-5-7-9-14/h5-9,13H,4,10-12H2,1-3H3. The molecule has 0 aliphatic heterocycles. The normalized spacial score (nSPS) is 12.3. The summed E-state index contributed by atoms with van der Waals surface area (Å²) in [5, 5.41) is 4.02. The Balaban J connectivity index is 1.93. The summed E-state index contributed by atoms with van der Waals surface area (Å²) in [4.78, 5) is 18.0. The Hall–Kier alpha value is -2.21. The summed E-state index contributed by atoms with van der Waals surface area (Å²) in [5.41, 5.74) is 1.14. The smallest absolute Gasteiger partial charge is 0.309 e. The molecule has 1 atom stereocenters. The predicted molar refractivity (Wildman–Crippen MR) is 85.7 cm³/mol. The minimum absolute atomic E-state index is 0.188. The first-order valence-corrected chi connectivity index (χ1v) is 7.78. The van der Waals surface area contributed by atoms with Crippen LogP contribution in [0.3, 0.4) is 0 Å². The summed E-state index contributed by atoms with van der Waals surface area (Å²) in [6.45, 7) is 5.80. The molecule has 0 radical (unpaired) electrons. The monoisotopic (exact) mass is 317 g/mol. The number of esters is 1. The summed E-state index contributed by atoms with van der Waals surface area (Å²) < 4.78 is 10.1. The Bertz CT molecular complexity index is 613. The van der Waals surface area contributed by atoms with E-state index in [-0.39, 0.29) is 11.9 Å². The van der Waals surface area contributed by atoms with Crippen molar-refractivity contribution in [2.45, 2.75) is 26.8 Å². The van der Waals surface area contributed by atoms with E-state index in [1.807, 2.05) is 44.2 Å². The van der Waals surface area contributed by atoms with Crippen LogP contribution in [-0.2, 0) is 22.5 Å². The molecular weight excluding hydrogens is 294 g/mol. The van der Waals surface area contributed by atoms with Crippen LogP contribution >= 0.6 is 0 Å². The number of carbonyl (C=O) groups excluding carboxylic acids is 1. The maximum absolute atomic E-state index is 11.5. The van der Waals surface area contributed by atoms with Crippen molar-refractivity contribution in [2.24, 2.45) is 5.92 Å². The number of rotatable bonds is 8. The average Bonchev–Trinajstić information content (AvgIpc) is 3.01. The minimum Gasteiger partial charge on any atom is -0.469 e. The average molecular weight is 317 g/mol. The second-order valence-electron chi connectivity index (χ2n) is 5.52. The van der Waals surface area contributed by atoms with E-state index in [1.165, 1.54) is 7.11 Å². The first kappa shape index (κ1) is 17.1. The second kappa shape index (κ2) is 8.43. The molecule has 0 bridgehead atoms. The number of ether oxygens (including phenoxy) is 1. The Morgan fingerprint density at radius 3 is 2.74 bits per heavy atom. The predicted octanol–water partition coefficient (Wildman–Crippen LogP) is 2.29. The zero-order valence-corrected chi connectivity index (χ0v) is 13.9. The van der Waals surface area contributed by atoms with Gasteiger partial charge in [-0.1, -0.05) is 49.3 Å². The number of hydrogen-bond acceptors (Lipinski definition) is 6. The number of carbonyl (C=O) groups is 1.